The van der Waals surface area contributed by atoms with E-state index in [9.17, 15) is 22.4 Å². The normalized spacial score (nSPS) is 15.8. The van der Waals surface area contributed by atoms with Gasteiger partial charge in [0, 0.05) is 43.7 Å². The molecule has 0 N–H and O–H groups in total. The van der Waals surface area contributed by atoms with Gasteiger partial charge in [-0.3, -0.25) is 9.78 Å². The highest BCUT2D eigenvalue weighted by Crippen LogP contribution is 2.33. The standard InChI is InChI=1S/C27H24F2N6O4S/c1-4-23(36)33-11-12-34(16(2)15-33)25-18-13-20(29)24(17-7-5-6-8-19(17)28)31-26(18)35(27(37)32-25)21-14-30-10-9-22(21)40(3,38)39/h4-10,13-14,16H,1,11-12,15H2,2-3H3/t16-/m0/s1. The zero-order chi connectivity index (χ0) is 28.8. The predicted octanol–water partition coefficient (Wildman–Crippen LogP) is 2.75. The molecular weight excluding hydrogens is 542 g/mol. The summed E-state index contributed by atoms with van der Waals surface area (Å²) in [6.45, 7) is 6.20. The highest BCUT2D eigenvalue weighted by molar-refractivity contribution is 7.90. The largest absolute Gasteiger partial charge is 0.355 e. The molecule has 206 valence electrons. The van der Waals surface area contributed by atoms with Gasteiger partial charge in [-0.15, -0.1) is 0 Å². The Morgan fingerprint density at radius 3 is 2.55 bits per heavy atom. The van der Waals surface area contributed by atoms with Gasteiger partial charge in [0.1, 0.15) is 23.1 Å². The van der Waals surface area contributed by atoms with Crippen LogP contribution in [0, 0.1) is 11.6 Å². The van der Waals surface area contributed by atoms with Crippen LogP contribution in [-0.2, 0) is 14.6 Å². The molecule has 1 aliphatic heterocycles. The molecule has 10 nitrogen and oxygen atoms in total. The summed E-state index contributed by atoms with van der Waals surface area (Å²) in [4.78, 5) is 41.5. The molecule has 0 spiro atoms. The Labute approximate surface area is 228 Å². The first-order valence-corrected chi connectivity index (χ1v) is 14.1. The molecule has 0 bridgehead atoms. The monoisotopic (exact) mass is 566 g/mol. The van der Waals surface area contributed by atoms with Gasteiger partial charge in [-0.05, 0) is 37.3 Å². The fourth-order valence-electron chi connectivity index (χ4n) is 4.84. The van der Waals surface area contributed by atoms with Crippen LogP contribution in [0.5, 0.6) is 0 Å². The molecule has 1 saturated heterocycles. The summed E-state index contributed by atoms with van der Waals surface area (Å²) < 4.78 is 56.4. The fourth-order valence-corrected chi connectivity index (χ4v) is 5.67. The number of hydrogen-bond acceptors (Lipinski definition) is 8. The third-order valence-electron chi connectivity index (χ3n) is 6.72. The summed E-state index contributed by atoms with van der Waals surface area (Å²) in [5.41, 5.74) is -1.67. The number of piperazine rings is 1. The van der Waals surface area contributed by atoms with E-state index in [4.69, 9.17) is 0 Å². The Hall–Kier alpha value is -4.52. The highest BCUT2D eigenvalue weighted by atomic mass is 32.2. The lowest BCUT2D eigenvalue weighted by atomic mass is 10.1. The quantitative estimate of drug-likeness (QED) is 0.339. The second-order valence-electron chi connectivity index (χ2n) is 9.37. The number of nitrogens with zero attached hydrogens (tertiary/aromatic N) is 6. The first-order valence-electron chi connectivity index (χ1n) is 12.2. The summed E-state index contributed by atoms with van der Waals surface area (Å²) in [5, 5.41) is 0.0934. The zero-order valence-electron chi connectivity index (χ0n) is 21.6. The number of pyridine rings is 2. The van der Waals surface area contributed by atoms with Crippen molar-refractivity contribution in [1.29, 1.82) is 0 Å². The Bertz CT molecular complexity index is 1840. The molecule has 1 fully saturated rings. The van der Waals surface area contributed by atoms with Crippen LogP contribution in [0.2, 0.25) is 0 Å². The minimum Gasteiger partial charge on any atom is -0.350 e. The van der Waals surface area contributed by atoms with Crippen molar-refractivity contribution in [2.75, 3.05) is 30.8 Å². The predicted molar refractivity (Wildman–Crippen MR) is 145 cm³/mol. The summed E-state index contributed by atoms with van der Waals surface area (Å²) in [6.07, 6.45) is 4.63. The lowest BCUT2D eigenvalue weighted by Crippen LogP contribution is -2.54. The smallest absolute Gasteiger partial charge is 0.350 e. The third kappa shape index (κ3) is 4.72. The van der Waals surface area contributed by atoms with Gasteiger partial charge in [0.2, 0.25) is 5.91 Å². The molecule has 3 aromatic heterocycles. The van der Waals surface area contributed by atoms with E-state index in [1.807, 2.05) is 6.92 Å². The maximum atomic E-state index is 15.6. The molecule has 4 heterocycles. The minimum absolute atomic E-state index is 0.0934. The van der Waals surface area contributed by atoms with E-state index in [0.717, 1.165) is 23.0 Å². The molecule has 0 aliphatic carbocycles. The van der Waals surface area contributed by atoms with Gasteiger partial charge in [-0.2, -0.15) is 4.98 Å². The number of carbonyl (C=O) groups excluding carboxylic acids is 1. The van der Waals surface area contributed by atoms with E-state index >= 15 is 4.39 Å². The van der Waals surface area contributed by atoms with Crippen molar-refractivity contribution in [1.82, 2.24) is 24.4 Å². The van der Waals surface area contributed by atoms with Crippen LogP contribution in [0.25, 0.3) is 28.0 Å². The summed E-state index contributed by atoms with van der Waals surface area (Å²) in [5.74, 6) is -1.74. The maximum Gasteiger partial charge on any atom is 0.355 e. The van der Waals surface area contributed by atoms with E-state index in [1.54, 1.807) is 9.80 Å². The maximum absolute atomic E-state index is 15.6. The first kappa shape index (κ1) is 27.1. The van der Waals surface area contributed by atoms with E-state index in [0.29, 0.717) is 13.1 Å². The Kier molecular flexibility index (Phi) is 6.92. The van der Waals surface area contributed by atoms with Crippen LogP contribution in [0.15, 0.2) is 71.1 Å². The van der Waals surface area contributed by atoms with Crippen molar-refractivity contribution in [3.8, 4) is 16.9 Å². The van der Waals surface area contributed by atoms with Crippen molar-refractivity contribution in [2.45, 2.75) is 17.9 Å². The van der Waals surface area contributed by atoms with Crippen LogP contribution in [0.1, 0.15) is 6.92 Å². The van der Waals surface area contributed by atoms with Crippen LogP contribution >= 0.6 is 0 Å². The van der Waals surface area contributed by atoms with Gasteiger partial charge in [-0.25, -0.2) is 31.5 Å². The molecule has 1 amide bonds. The molecule has 1 atom stereocenters. The second-order valence-corrected chi connectivity index (χ2v) is 11.4. The number of anilines is 1. The number of carbonyl (C=O) groups is 1. The molecule has 40 heavy (non-hydrogen) atoms. The van der Waals surface area contributed by atoms with E-state index < -0.39 is 27.2 Å². The van der Waals surface area contributed by atoms with Crippen LogP contribution in [-0.4, -0.2) is 70.7 Å². The summed E-state index contributed by atoms with van der Waals surface area (Å²) in [6, 6.07) is 7.47. The van der Waals surface area contributed by atoms with Gasteiger partial charge in [0.05, 0.1) is 22.2 Å². The van der Waals surface area contributed by atoms with Crippen LogP contribution in [0.3, 0.4) is 0 Å². The number of sulfone groups is 1. The number of hydrogen-bond donors (Lipinski definition) is 0. The number of benzene rings is 1. The van der Waals surface area contributed by atoms with Gasteiger partial charge < -0.3 is 9.80 Å². The Morgan fingerprint density at radius 1 is 1.12 bits per heavy atom. The van der Waals surface area contributed by atoms with Gasteiger partial charge in [0.15, 0.2) is 15.5 Å². The Balaban J connectivity index is 1.81. The average molecular weight is 567 g/mol. The first-order chi connectivity index (χ1) is 19.0. The molecule has 0 unspecified atom stereocenters. The third-order valence-corrected chi connectivity index (χ3v) is 7.86. The molecule has 1 aromatic carbocycles. The fraction of sp³-hybridized carbons (Fsp3) is 0.222. The van der Waals surface area contributed by atoms with E-state index in [-0.39, 0.29) is 57.2 Å². The lowest BCUT2D eigenvalue weighted by molar-refractivity contribution is -0.126. The number of amides is 1. The van der Waals surface area contributed by atoms with Crippen LogP contribution in [0.4, 0.5) is 14.6 Å². The SMILES string of the molecule is C=CC(=O)N1CCN(c2nc(=O)n(-c3cnccc3S(C)(=O)=O)c3nc(-c4ccccc4F)c(F)cc23)[C@@H](C)C1. The average Bonchev–Trinajstić information content (AvgIpc) is 2.92. The van der Waals surface area contributed by atoms with Crippen molar-refractivity contribution in [3.63, 3.8) is 0 Å². The zero-order valence-corrected chi connectivity index (χ0v) is 22.4. The van der Waals surface area contributed by atoms with Crippen molar-refractivity contribution >= 4 is 32.6 Å². The molecule has 0 radical (unpaired) electrons. The number of fused-ring (bicyclic) bond motifs is 1. The van der Waals surface area contributed by atoms with Crippen molar-refractivity contribution in [2.24, 2.45) is 0 Å². The van der Waals surface area contributed by atoms with Gasteiger partial charge >= 0.3 is 5.69 Å². The molecule has 13 heteroatoms. The van der Waals surface area contributed by atoms with Crippen molar-refractivity contribution < 1.29 is 22.0 Å². The highest BCUT2D eigenvalue weighted by Gasteiger charge is 2.30. The summed E-state index contributed by atoms with van der Waals surface area (Å²) >= 11 is 0. The number of rotatable bonds is 5. The van der Waals surface area contributed by atoms with E-state index in [1.165, 1.54) is 42.7 Å². The molecule has 0 saturated carbocycles. The van der Waals surface area contributed by atoms with Gasteiger partial charge in [-0.1, -0.05) is 18.7 Å². The van der Waals surface area contributed by atoms with E-state index in [2.05, 4.69) is 21.5 Å². The topological polar surface area (TPSA) is 118 Å². The molecular formula is C27H24F2N6O4S. The summed E-state index contributed by atoms with van der Waals surface area (Å²) in [7, 11) is -3.85. The van der Waals surface area contributed by atoms with Gasteiger partial charge in [0.25, 0.3) is 0 Å². The second kappa shape index (κ2) is 10.2. The number of aromatic nitrogens is 4. The Morgan fingerprint density at radius 2 is 1.88 bits per heavy atom. The minimum atomic E-state index is -3.85. The number of halogens is 2. The molecule has 5 rings (SSSR count). The van der Waals surface area contributed by atoms with Crippen molar-refractivity contribution in [3.05, 3.63) is 83.6 Å². The van der Waals surface area contributed by atoms with Crippen LogP contribution < -0.4 is 10.6 Å². The lowest BCUT2D eigenvalue weighted by Gasteiger charge is -2.40. The molecule has 1 aliphatic rings. The molecule has 4 aromatic rings.